The summed E-state index contributed by atoms with van der Waals surface area (Å²) in [5.74, 6) is 0.471. The van der Waals surface area contributed by atoms with Crippen molar-refractivity contribution in [2.45, 2.75) is 0 Å². The second-order valence-electron chi connectivity index (χ2n) is 2.57. The van der Waals surface area contributed by atoms with E-state index in [9.17, 15) is 0 Å². The second kappa shape index (κ2) is 3.14. The van der Waals surface area contributed by atoms with Crippen molar-refractivity contribution in [2.75, 3.05) is 7.05 Å². The summed E-state index contributed by atoms with van der Waals surface area (Å²) in [7, 11) is 1.75. The van der Waals surface area contributed by atoms with Crippen molar-refractivity contribution in [3.63, 3.8) is 0 Å². The summed E-state index contributed by atoms with van der Waals surface area (Å²) in [6, 6.07) is 7.57. The van der Waals surface area contributed by atoms with E-state index in [1.165, 1.54) is 0 Å². The molecule has 0 atom stereocenters. The molecule has 2 aromatic rings. The molecule has 1 heterocycles. The number of rotatable bonds is 1. The van der Waals surface area contributed by atoms with Gasteiger partial charge < -0.3 is 9.73 Å². The summed E-state index contributed by atoms with van der Waals surface area (Å²) in [6.45, 7) is 0. The molecular formula is C9H8N2OS. The normalized spacial score (nSPS) is 10.2. The molecule has 1 aromatic carbocycles. The van der Waals surface area contributed by atoms with E-state index >= 15 is 0 Å². The van der Waals surface area contributed by atoms with Crippen LogP contribution in [0.2, 0.25) is 0 Å². The Kier molecular flexibility index (Phi) is 1.98. The molecule has 0 fully saturated rings. The van der Waals surface area contributed by atoms with Gasteiger partial charge in [0, 0.05) is 7.05 Å². The van der Waals surface area contributed by atoms with E-state index < -0.39 is 0 Å². The number of hydrogen-bond donors (Lipinski definition) is 1. The van der Waals surface area contributed by atoms with Crippen LogP contribution in [0.4, 0.5) is 0 Å². The Bertz CT molecular complexity index is 417. The molecule has 1 aromatic heterocycles. The lowest BCUT2D eigenvalue weighted by Crippen LogP contribution is -2.16. The van der Waals surface area contributed by atoms with Crippen LogP contribution in [0.1, 0.15) is 5.89 Å². The largest absolute Gasteiger partial charge is 0.434 e. The first-order chi connectivity index (χ1) is 6.31. The highest BCUT2D eigenvalue weighted by Crippen LogP contribution is 2.14. The number of thiocarbonyl (C=S) groups is 1. The highest BCUT2D eigenvalue weighted by Gasteiger charge is 2.07. The number of benzene rings is 1. The quantitative estimate of drug-likeness (QED) is 0.698. The number of para-hydroxylation sites is 2. The van der Waals surface area contributed by atoms with Gasteiger partial charge in [0.1, 0.15) is 5.52 Å². The van der Waals surface area contributed by atoms with Crippen molar-refractivity contribution in [3.8, 4) is 0 Å². The fraction of sp³-hybridized carbons (Fsp3) is 0.111. The molecule has 13 heavy (non-hydrogen) atoms. The van der Waals surface area contributed by atoms with Gasteiger partial charge in [-0.05, 0) is 12.1 Å². The monoisotopic (exact) mass is 192 g/mol. The van der Waals surface area contributed by atoms with Crippen molar-refractivity contribution < 1.29 is 4.42 Å². The molecule has 0 radical (unpaired) electrons. The molecule has 0 amide bonds. The first-order valence-electron chi connectivity index (χ1n) is 3.89. The molecule has 66 valence electrons. The number of nitrogens with zero attached hydrogens (tertiary/aromatic N) is 1. The smallest absolute Gasteiger partial charge is 0.255 e. The Morgan fingerprint density at radius 2 is 2.23 bits per heavy atom. The van der Waals surface area contributed by atoms with Gasteiger partial charge >= 0.3 is 0 Å². The maximum absolute atomic E-state index is 5.41. The Morgan fingerprint density at radius 3 is 2.92 bits per heavy atom. The number of oxazole rings is 1. The van der Waals surface area contributed by atoms with E-state index in [0.29, 0.717) is 10.9 Å². The summed E-state index contributed by atoms with van der Waals surface area (Å²) >= 11 is 5.00. The third-order valence-corrected chi connectivity index (χ3v) is 2.09. The van der Waals surface area contributed by atoms with Crippen LogP contribution in [0.25, 0.3) is 11.1 Å². The Morgan fingerprint density at radius 1 is 1.46 bits per heavy atom. The standard InChI is InChI=1S/C9H8N2OS/c1-10-9(13)8-11-6-4-2-3-5-7(6)12-8/h2-5H,1H3,(H,10,13). The van der Waals surface area contributed by atoms with Gasteiger partial charge in [-0.25, -0.2) is 4.98 Å². The van der Waals surface area contributed by atoms with E-state index in [1.807, 2.05) is 24.3 Å². The van der Waals surface area contributed by atoms with Crippen LogP contribution in [0.15, 0.2) is 28.7 Å². The van der Waals surface area contributed by atoms with Crippen LogP contribution < -0.4 is 5.32 Å². The molecule has 0 bridgehead atoms. The van der Waals surface area contributed by atoms with E-state index in [1.54, 1.807) is 7.05 Å². The SMILES string of the molecule is CNC(=S)c1nc2ccccc2o1. The van der Waals surface area contributed by atoms with Crippen LogP contribution in [-0.4, -0.2) is 17.0 Å². The third-order valence-electron chi connectivity index (χ3n) is 1.72. The molecule has 0 aliphatic carbocycles. The van der Waals surface area contributed by atoms with Gasteiger partial charge in [-0.1, -0.05) is 24.4 Å². The zero-order valence-corrected chi connectivity index (χ0v) is 7.89. The molecule has 0 unspecified atom stereocenters. The van der Waals surface area contributed by atoms with Crippen molar-refractivity contribution >= 4 is 28.3 Å². The summed E-state index contributed by atoms with van der Waals surface area (Å²) in [5.41, 5.74) is 1.59. The lowest BCUT2D eigenvalue weighted by Gasteiger charge is -1.93. The number of aromatic nitrogens is 1. The van der Waals surface area contributed by atoms with Crippen molar-refractivity contribution in [3.05, 3.63) is 30.2 Å². The number of nitrogens with one attached hydrogen (secondary N) is 1. The maximum atomic E-state index is 5.41. The Labute approximate surface area is 80.8 Å². The van der Waals surface area contributed by atoms with Gasteiger partial charge in [-0.2, -0.15) is 0 Å². The van der Waals surface area contributed by atoms with Crippen LogP contribution >= 0.6 is 12.2 Å². The lowest BCUT2D eigenvalue weighted by atomic mass is 10.3. The molecular weight excluding hydrogens is 184 g/mol. The van der Waals surface area contributed by atoms with Crippen LogP contribution in [0, 0.1) is 0 Å². The zero-order chi connectivity index (χ0) is 9.26. The fourth-order valence-corrected chi connectivity index (χ4v) is 1.16. The van der Waals surface area contributed by atoms with Crippen LogP contribution in [-0.2, 0) is 0 Å². The summed E-state index contributed by atoms with van der Waals surface area (Å²) in [5, 5.41) is 2.82. The molecule has 0 saturated carbocycles. The number of fused-ring (bicyclic) bond motifs is 1. The molecule has 4 heteroatoms. The zero-order valence-electron chi connectivity index (χ0n) is 7.07. The number of hydrogen-bond acceptors (Lipinski definition) is 3. The minimum Gasteiger partial charge on any atom is -0.434 e. The lowest BCUT2D eigenvalue weighted by molar-refractivity contribution is 0.589. The first kappa shape index (κ1) is 8.19. The maximum Gasteiger partial charge on any atom is 0.255 e. The molecule has 2 rings (SSSR count). The van der Waals surface area contributed by atoms with Gasteiger partial charge in [0.25, 0.3) is 5.89 Å². The minimum atomic E-state index is 0.471. The van der Waals surface area contributed by atoms with Gasteiger partial charge in [-0.15, -0.1) is 0 Å². The predicted molar refractivity (Wildman–Crippen MR) is 54.8 cm³/mol. The molecule has 0 saturated heterocycles. The van der Waals surface area contributed by atoms with Crippen LogP contribution in [0.5, 0.6) is 0 Å². The average Bonchev–Trinajstić information content (AvgIpc) is 2.59. The summed E-state index contributed by atoms with van der Waals surface area (Å²) in [6.07, 6.45) is 0. The van der Waals surface area contributed by atoms with Gasteiger partial charge in [0.2, 0.25) is 0 Å². The molecule has 0 aliphatic heterocycles. The van der Waals surface area contributed by atoms with E-state index in [2.05, 4.69) is 10.3 Å². The average molecular weight is 192 g/mol. The predicted octanol–water partition coefficient (Wildman–Crippen LogP) is 1.72. The fourth-order valence-electron chi connectivity index (χ4n) is 1.08. The minimum absolute atomic E-state index is 0.471. The molecule has 0 spiro atoms. The third kappa shape index (κ3) is 1.40. The summed E-state index contributed by atoms with van der Waals surface area (Å²) in [4.78, 5) is 4.74. The van der Waals surface area contributed by atoms with Gasteiger partial charge in [-0.3, -0.25) is 0 Å². The summed E-state index contributed by atoms with van der Waals surface area (Å²) < 4.78 is 5.41. The van der Waals surface area contributed by atoms with E-state index in [-0.39, 0.29) is 0 Å². The van der Waals surface area contributed by atoms with Crippen LogP contribution in [0.3, 0.4) is 0 Å². The topological polar surface area (TPSA) is 38.1 Å². The van der Waals surface area contributed by atoms with Crippen molar-refractivity contribution in [1.82, 2.24) is 10.3 Å². The van der Waals surface area contributed by atoms with Gasteiger partial charge in [0.15, 0.2) is 10.6 Å². The first-order valence-corrected chi connectivity index (χ1v) is 4.30. The molecule has 0 aliphatic rings. The van der Waals surface area contributed by atoms with Crippen molar-refractivity contribution in [1.29, 1.82) is 0 Å². The highest BCUT2D eigenvalue weighted by molar-refractivity contribution is 7.80. The molecule has 1 N–H and O–H groups in total. The van der Waals surface area contributed by atoms with Gasteiger partial charge in [0.05, 0.1) is 0 Å². The Hall–Kier alpha value is -1.42. The highest BCUT2D eigenvalue weighted by atomic mass is 32.1. The Balaban J connectivity index is 2.56. The van der Waals surface area contributed by atoms with E-state index in [4.69, 9.17) is 16.6 Å². The second-order valence-corrected chi connectivity index (χ2v) is 2.97. The molecule has 3 nitrogen and oxygen atoms in total. The van der Waals surface area contributed by atoms with E-state index in [0.717, 1.165) is 11.1 Å². The van der Waals surface area contributed by atoms with Crippen molar-refractivity contribution in [2.24, 2.45) is 0 Å².